The highest BCUT2D eigenvalue weighted by Gasteiger charge is 2.25. The van der Waals surface area contributed by atoms with Crippen LogP contribution in [0.25, 0.3) is 0 Å². The molecule has 1 unspecified atom stereocenters. The fourth-order valence-corrected chi connectivity index (χ4v) is 4.00. The van der Waals surface area contributed by atoms with Crippen molar-refractivity contribution in [1.29, 1.82) is 0 Å². The van der Waals surface area contributed by atoms with Crippen LogP contribution in [0.4, 0.5) is 5.69 Å². The smallest absolute Gasteiger partial charge is 0.270 e. The van der Waals surface area contributed by atoms with Crippen molar-refractivity contribution < 1.29 is 18.1 Å². The molecule has 3 N–H and O–H groups in total. The number of likely N-dealkylation sites (tertiary alicyclic amines) is 1. The predicted octanol–water partition coefficient (Wildman–Crippen LogP) is 0.0490. The number of nitrogens with zero attached hydrogens (tertiary/aromatic N) is 3. The quantitative estimate of drug-likeness (QED) is 0.175. The number of carbonyl (C=O) groups excluding carboxylic acids is 1. The SMILES string of the molecule is CCC(=O)N1CCC(NC(=NC)NCCNS(=O)(=O)c2cccc([N+](=O)[O-])c2)C1. The van der Waals surface area contributed by atoms with Crippen molar-refractivity contribution in [2.75, 3.05) is 33.2 Å². The Balaban J connectivity index is 1.80. The van der Waals surface area contributed by atoms with Gasteiger partial charge in [-0.1, -0.05) is 13.0 Å². The van der Waals surface area contributed by atoms with Gasteiger partial charge in [0.25, 0.3) is 5.69 Å². The van der Waals surface area contributed by atoms with Gasteiger partial charge in [0.15, 0.2) is 5.96 Å². The molecule has 0 bridgehead atoms. The average Bonchev–Trinajstić information content (AvgIpc) is 3.18. The molecule has 1 aliphatic heterocycles. The third-order valence-corrected chi connectivity index (χ3v) is 5.91. The summed E-state index contributed by atoms with van der Waals surface area (Å²) in [4.78, 5) is 27.6. The van der Waals surface area contributed by atoms with Crippen LogP contribution in [-0.4, -0.2) is 69.4 Å². The second kappa shape index (κ2) is 10.2. The van der Waals surface area contributed by atoms with E-state index in [1.807, 2.05) is 6.92 Å². The lowest BCUT2D eigenvalue weighted by atomic mass is 10.3. The number of non-ortho nitro benzene ring substituents is 1. The van der Waals surface area contributed by atoms with Crippen LogP contribution in [0.15, 0.2) is 34.2 Å². The minimum absolute atomic E-state index is 0.0663. The Labute approximate surface area is 169 Å². The molecule has 0 aromatic heterocycles. The van der Waals surface area contributed by atoms with Crippen LogP contribution in [0, 0.1) is 10.1 Å². The third-order valence-electron chi connectivity index (χ3n) is 4.46. The number of aliphatic imine (C=N–C) groups is 1. The normalized spacial score (nSPS) is 17.2. The molecule has 1 fully saturated rings. The number of hydrogen-bond acceptors (Lipinski definition) is 6. The lowest BCUT2D eigenvalue weighted by Gasteiger charge is -2.18. The van der Waals surface area contributed by atoms with Gasteiger partial charge in [-0.15, -0.1) is 0 Å². The van der Waals surface area contributed by atoms with Gasteiger partial charge in [0.05, 0.1) is 9.82 Å². The summed E-state index contributed by atoms with van der Waals surface area (Å²) in [7, 11) is -2.26. The molecule has 0 aliphatic carbocycles. The average molecular weight is 426 g/mol. The van der Waals surface area contributed by atoms with E-state index in [1.165, 1.54) is 18.2 Å². The zero-order valence-electron chi connectivity index (χ0n) is 16.4. The van der Waals surface area contributed by atoms with Crippen LogP contribution in [0.2, 0.25) is 0 Å². The number of amides is 1. The molecule has 0 saturated carbocycles. The van der Waals surface area contributed by atoms with Crippen molar-refractivity contribution in [3.05, 3.63) is 34.4 Å². The molecule has 1 saturated heterocycles. The van der Waals surface area contributed by atoms with Crippen LogP contribution in [0.3, 0.4) is 0 Å². The van der Waals surface area contributed by atoms with E-state index in [4.69, 9.17) is 0 Å². The minimum atomic E-state index is -3.86. The van der Waals surface area contributed by atoms with Crippen LogP contribution < -0.4 is 15.4 Å². The molecule has 1 aromatic carbocycles. The van der Waals surface area contributed by atoms with Crippen LogP contribution in [0.5, 0.6) is 0 Å². The Morgan fingerprint density at radius 1 is 1.38 bits per heavy atom. The molecule has 1 aromatic rings. The lowest BCUT2D eigenvalue weighted by molar-refractivity contribution is -0.385. The molecule has 1 amide bonds. The van der Waals surface area contributed by atoms with E-state index < -0.39 is 14.9 Å². The van der Waals surface area contributed by atoms with Crippen molar-refractivity contribution in [3.8, 4) is 0 Å². The molecule has 11 nitrogen and oxygen atoms in total. The van der Waals surface area contributed by atoms with E-state index in [-0.39, 0.29) is 35.6 Å². The van der Waals surface area contributed by atoms with Crippen LogP contribution in [0.1, 0.15) is 19.8 Å². The maximum Gasteiger partial charge on any atom is 0.270 e. The molecule has 1 atom stereocenters. The summed E-state index contributed by atoms with van der Waals surface area (Å²) in [5.74, 6) is 0.628. The molecular weight excluding hydrogens is 400 g/mol. The fourth-order valence-electron chi connectivity index (χ4n) is 2.93. The number of nitro groups is 1. The Bertz CT molecular complexity index is 873. The monoisotopic (exact) mass is 426 g/mol. The Kier molecular flexibility index (Phi) is 7.91. The maximum absolute atomic E-state index is 12.3. The van der Waals surface area contributed by atoms with Crippen molar-refractivity contribution in [2.45, 2.75) is 30.7 Å². The molecule has 0 radical (unpaired) electrons. The molecule has 12 heteroatoms. The number of benzene rings is 1. The van der Waals surface area contributed by atoms with Gasteiger partial charge in [-0.3, -0.25) is 19.9 Å². The number of hydrogen-bond donors (Lipinski definition) is 3. The molecular formula is C17H26N6O5S. The zero-order chi connectivity index (χ0) is 21.4. The third kappa shape index (κ3) is 6.39. The van der Waals surface area contributed by atoms with Crippen LogP contribution in [-0.2, 0) is 14.8 Å². The number of carbonyl (C=O) groups is 1. The Morgan fingerprint density at radius 3 is 2.79 bits per heavy atom. The Hall–Kier alpha value is -2.73. The largest absolute Gasteiger partial charge is 0.355 e. The number of sulfonamides is 1. The maximum atomic E-state index is 12.3. The fraction of sp³-hybridized carbons (Fsp3) is 0.529. The van der Waals surface area contributed by atoms with E-state index in [2.05, 4.69) is 20.3 Å². The standard InChI is InChI=1S/C17H26N6O5S/c1-3-16(24)22-10-7-13(12-22)21-17(18-2)19-8-9-20-29(27,28)15-6-4-5-14(11-15)23(25)26/h4-6,11,13,20H,3,7-10,12H2,1-2H3,(H2,18,19,21). The highest BCUT2D eigenvalue weighted by molar-refractivity contribution is 7.89. The summed E-state index contributed by atoms with van der Waals surface area (Å²) in [6, 6.07) is 4.95. The van der Waals surface area contributed by atoms with Gasteiger partial charge in [0.1, 0.15) is 0 Å². The second-order valence-electron chi connectivity index (χ2n) is 6.47. The van der Waals surface area contributed by atoms with Gasteiger partial charge < -0.3 is 15.5 Å². The molecule has 1 aliphatic rings. The second-order valence-corrected chi connectivity index (χ2v) is 8.24. The van der Waals surface area contributed by atoms with Gasteiger partial charge >= 0.3 is 0 Å². The minimum Gasteiger partial charge on any atom is -0.355 e. The van der Waals surface area contributed by atoms with Crippen molar-refractivity contribution in [3.63, 3.8) is 0 Å². The first-order valence-corrected chi connectivity index (χ1v) is 10.7. The summed E-state index contributed by atoms with van der Waals surface area (Å²) in [5, 5.41) is 17.0. The molecule has 0 spiro atoms. The zero-order valence-corrected chi connectivity index (χ0v) is 17.2. The summed E-state index contributed by atoms with van der Waals surface area (Å²) in [6.07, 6.45) is 1.29. The topological polar surface area (TPSA) is 146 Å². The van der Waals surface area contributed by atoms with Crippen molar-refractivity contribution in [2.24, 2.45) is 4.99 Å². The number of nitrogens with one attached hydrogen (secondary N) is 3. The van der Waals surface area contributed by atoms with E-state index >= 15 is 0 Å². The van der Waals surface area contributed by atoms with Gasteiger partial charge in [-0.05, 0) is 12.5 Å². The summed E-state index contributed by atoms with van der Waals surface area (Å²) in [6.45, 7) is 3.46. The lowest BCUT2D eigenvalue weighted by Crippen LogP contribution is -2.46. The summed E-state index contributed by atoms with van der Waals surface area (Å²) < 4.78 is 27.0. The van der Waals surface area contributed by atoms with Crippen LogP contribution >= 0.6 is 0 Å². The molecule has 160 valence electrons. The number of nitro benzene ring substituents is 1. The van der Waals surface area contributed by atoms with E-state index in [9.17, 15) is 23.3 Å². The summed E-state index contributed by atoms with van der Waals surface area (Å²) in [5.41, 5.74) is -0.289. The van der Waals surface area contributed by atoms with Crippen molar-refractivity contribution in [1.82, 2.24) is 20.3 Å². The van der Waals surface area contributed by atoms with Gasteiger partial charge in [-0.25, -0.2) is 13.1 Å². The first kappa shape index (κ1) is 22.6. The molecule has 2 rings (SSSR count). The van der Waals surface area contributed by atoms with Gasteiger partial charge in [0, 0.05) is 57.8 Å². The van der Waals surface area contributed by atoms with E-state index in [1.54, 1.807) is 11.9 Å². The van der Waals surface area contributed by atoms with Crippen molar-refractivity contribution >= 4 is 27.6 Å². The first-order chi connectivity index (χ1) is 13.8. The van der Waals surface area contributed by atoms with E-state index in [0.717, 1.165) is 12.5 Å². The number of guanidine groups is 1. The number of rotatable bonds is 8. The van der Waals surface area contributed by atoms with Gasteiger partial charge in [-0.2, -0.15) is 0 Å². The predicted molar refractivity (Wildman–Crippen MR) is 108 cm³/mol. The van der Waals surface area contributed by atoms with E-state index in [0.29, 0.717) is 25.5 Å². The first-order valence-electron chi connectivity index (χ1n) is 9.26. The summed E-state index contributed by atoms with van der Waals surface area (Å²) >= 11 is 0. The highest BCUT2D eigenvalue weighted by Crippen LogP contribution is 2.16. The highest BCUT2D eigenvalue weighted by atomic mass is 32.2. The molecule has 29 heavy (non-hydrogen) atoms. The Morgan fingerprint density at radius 2 is 2.14 bits per heavy atom. The molecule has 1 heterocycles. The van der Waals surface area contributed by atoms with Gasteiger partial charge in [0.2, 0.25) is 15.9 Å².